The minimum absolute atomic E-state index is 0.171. The molecule has 0 spiro atoms. The van der Waals surface area contributed by atoms with Crippen molar-refractivity contribution in [3.8, 4) is 17.2 Å². The second kappa shape index (κ2) is 9.46. The number of fused-ring (bicyclic) bond motifs is 1. The van der Waals surface area contributed by atoms with E-state index in [1.807, 2.05) is 66.9 Å². The van der Waals surface area contributed by atoms with E-state index in [0.29, 0.717) is 36.8 Å². The van der Waals surface area contributed by atoms with Gasteiger partial charge in [0.05, 0.1) is 11.6 Å². The standard InChI is InChI=1S/C27H30N4O4/c1-17-13-22(18(2)31(17)21-8-9-24-25(15-21)35-12-11-34-24)27(33)29-20-6-3-5-19(14-20)16-30-10-4-7-23(30)26(28)32/h3,5-6,8-9,13-15,23H,4,7,10-12,16H2,1-2H3,(H2,28,32)(H,29,33). The molecule has 8 nitrogen and oxygen atoms in total. The van der Waals surface area contributed by atoms with Gasteiger partial charge in [-0.25, -0.2) is 0 Å². The second-order valence-electron chi connectivity index (χ2n) is 9.13. The van der Waals surface area contributed by atoms with Gasteiger partial charge >= 0.3 is 0 Å². The number of primary amides is 1. The molecule has 0 aliphatic carbocycles. The zero-order chi connectivity index (χ0) is 24.5. The van der Waals surface area contributed by atoms with Gasteiger partial charge in [0.1, 0.15) is 13.2 Å². The van der Waals surface area contributed by atoms with Gasteiger partial charge in [-0.15, -0.1) is 0 Å². The van der Waals surface area contributed by atoms with E-state index < -0.39 is 0 Å². The smallest absolute Gasteiger partial charge is 0.257 e. The number of anilines is 1. The minimum atomic E-state index is -0.277. The molecule has 35 heavy (non-hydrogen) atoms. The highest BCUT2D eigenvalue weighted by atomic mass is 16.6. The number of likely N-dealkylation sites (tertiary alicyclic amines) is 1. The van der Waals surface area contributed by atoms with E-state index in [9.17, 15) is 9.59 Å². The van der Waals surface area contributed by atoms with E-state index in [1.165, 1.54) is 0 Å². The molecule has 0 bridgehead atoms. The number of nitrogens with zero attached hydrogens (tertiary/aromatic N) is 2. The molecule has 2 aliphatic rings. The fraction of sp³-hybridized carbons (Fsp3) is 0.333. The molecule has 182 valence electrons. The summed E-state index contributed by atoms with van der Waals surface area (Å²) in [5, 5.41) is 3.03. The lowest BCUT2D eigenvalue weighted by Gasteiger charge is -2.22. The molecular weight excluding hydrogens is 444 g/mol. The summed E-state index contributed by atoms with van der Waals surface area (Å²) in [7, 11) is 0. The molecule has 1 unspecified atom stereocenters. The van der Waals surface area contributed by atoms with Crippen LogP contribution in [0.25, 0.3) is 5.69 Å². The van der Waals surface area contributed by atoms with Gasteiger partial charge in [0.15, 0.2) is 11.5 Å². The number of nitrogens with two attached hydrogens (primary N) is 1. The van der Waals surface area contributed by atoms with Crippen LogP contribution < -0.4 is 20.5 Å². The molecule has 2 aliphatic heterocycles. The monoisotopic (exact) mass is 474 g/mol. The van der Waals surface area contributed by atoms with Gasteiger partial charge in [0, 0.05) is 35.4 Å². The summed E-state index contributed by atoms with van der Waals surface area (Å²) in [6, 6.07) is 15.2. The van der Waals surface area contributed by atoms with Gasteiger partial charge in [0.25, 0.3) is 5.91 Å². The third-order valence-electron chi connectivity index (χ3n) is 6.72. The summed E-state index contributed by atoms with van der Waals surface area (Å²) in [6.45, 7) is 6.45. The number of rotatable bonds is 6. The van der Waals surface area contributed by atoms with Crippen LogP contribution in [0, 0.1) is 13.8 Å². The number of carbonyl (C=O) groups excluding carboxylic acids is 2. The fourth-order valence-electron chi connectivity index (χ4n) is 5.08. The Bertz CT molecular complexity index is 1280. The van der Waals surface area contributed by atoms with Crippen molar-refractivity contribution in [3.05, 3.63) is 71.0 Å². The van der Waals surface area contributed by atoms with Crippen LogP contribution in [-0.4, -0.2) is 47.1 Å². The average molecular weight is 475 g/mol. The highest BCUT2D eigenvalue weighted by Crippen LogP contribution is 2.33. The first-order valence-electron chi connectivity index (χ1n) is 11.9. The van der Waals surface area contributed by atoms with Crippen LogP contribution in [0.2, 0.25) is 0 Å². The number of ether oxygens (including phenoxy) is 2. The number of nitrogens with one attached hydrogen (secondary N) is 1. The van der Waals surface area contributed by atoms with Crippen LogP contribution in [-0.2, 0) is 11.3 Å². The Labute approximate surface area is 204 Å². The third-order valence-corrected chi connectivity index (χ3v) is 6.72. The van der Waals surface area contributed by atoms with E-state index in [2.05, 4.69) is 10.2 Å². The summed E-state index contributed by atoms with van der Waals surface area (Å²) in [4.78, 5) is 27.0. The highest BCUT2D eigenvalue weighted by molar-refractivity contribution is 6.05. The Kier molecular flexibility index (Phi) is 6.21. The van der Waals surface area contributed by atoms with Gasteiger partial charge in [-0.05, 0) is 69.1 Å². The Morgan fingerprint density at radius 1 is 1.06 bits per heavy atom. The molecule has 5 rings (SSSR count). The van der Waals surface area contributed by atoms with Gasteiger partial charge < -0.3 is 25.1 Å². The topological polar surface area (TPSA) is 98.8 Å². The number of aryl methyl sites for hydroxylation is 1. The van der Waals surface area contributed by atoms with Gasteiger partial charge in [-0.3, -0.25) is 14.5 Å². The first kappa shape index (κ1) is 23.0. The largest absolute Gasteiger partial charge is 0.486 e. The second-order valence-corrected chi connectivity index (χ2v) is 9.13. The molecule has 1 fully saturated rings. The number of amides is 2. The molecule has 2 aromatic carbocycles. The Balaban J connectivity index is 1.34. The zero-order valence-corrected chi connectivity index (χ0v) is 20.0. The maximum absolute atomic E-state index is 13.2. The van der Waals surface area contributed by atoms with E-state index in [4.69, 9.17) is 15.2 Å². The molecular formula is C27H30N4O4. The SMILES string of the molecule is Cc1cc(C(=O)Nc2cccc(CN3CCCC3C(N)=O)c2)c(C)n1-c1ccc2c(c1)OCCO2. The summed E-state index contributed by atoms with van der Waals surface area (Å²) in [5.74, 6) is 0.993. The average Bonchev–Trinajstić information content (AvgIpc) is 3.42. The maximum atomic E-state index is 13.2. The fourth-order valence-corrected chi connectivity index (χ4v) is 5.08. The molecule has 0 radical (unpaired) electrons. The number of hydrogen-bond acceptors (Lipinski definition) is 5. The van der Waals surface area contributed by atoms with Crippen molar-refractivity contribution in [1.82, 2.24) is 9.47 Å². The highest BCUT2D eigenvalue weighted by Gasteiger charge is 2.28. The lowest BCUT2D eigenvalue weighted by molar-refractivity contribution is -0.122. The molecule has 1 saturated heterocycles. The van der Waals surface area contributed by atoms with Gasteiger partial charge in [-0.1, -0.05) is 12.1 Å². The van der Waals surface area contributed by atoms with Crippen LogP contribution in [0.4, 0.5) is 5.69 Å². The van der Waals surface area contributed by atoms with Crippen LogP contribution in [0.15, 0.2) is 48.5 Å². The van der Waals surface area contributed by atoms with Crippen LogP contribution >= 0.6 is 0 Å². The van der Waals surface area contributed by atoms with E-state index in [0.717, 1.165) is 47.8 Å². The van der Waals surface area contributed by atoms with Crippen LogP contribution in [0.5, 0.6) is 11.5 Å². The quantitative estimate of drug-likeness (QED) is 0.569. The molecule has 3 N–H and O–H groups in total. The Morgan fingerprint density at radius 3 is 2.66 bits per heavy atom. The molecule has 8 heteroatoms. The van der Waals surface area contributed by atoms with Crippen LogP contribution in [0.3, 0.4) is 0 Å². The van der Waals surface area contributed by atoms with E-state index in [-0.39, 0.29) is 17.9 Å². The first-order chi connectivity index (χ1) is 16.9. The maximum Gasteiger partial charge on any atom is 0.257 e. The van der Waals surface area contributed by atoms with Crippen molar-refractivity contribution in [2.45, 2.75) is 39.3 Å². The third kappa shape index (κ3) is 4.61. The summed E-state index contributed by atoms with van der Waals surface area (Å²) < 4.78 is 13.4. The molecule has 1 aromatic heterocycles. The summed E-state index contributed by atoms with van der Waals surface area (Å²) in [6.07, 6.45) is 1.76. The number of benzene rings is 2. The van der Waals surface area contributed by atoms with Crippen molar-refractivity contribution in [2.24, 2.45) is 5.73 Å². The lowest BCUT2D eigenvalue weighted by Crippen LogP contribution is -2.39. The van der Waals surface area contributed by atoms with Crippen LogP contribution in [0.1, 0.15) is 40.2 Å². The lowest BCUT2D eigenvalue weighted by atomic mass is 10.1. The van der Waals surface area contributed by atoms with Crippen molar-refractivity contribution in [1.29, 1.82) is 0 Å². The Hall–Kier alpha value is -3.78. The zero-order valence-electron chi connectivity index (χ0n) is 20.0. The van der Waals surface area contributed by atoms with E-state index >= 15 is 0 Å². The Morgan fingerprint density at radius 2 is 1.86 bits per heavy atom. The predicted molar refractivity (Wildman–Crippen MR) is 133 cm³/mol. The van der Waals surface area contributed by atoms with Crippen molar-refractivity contribution in [3.63, 3.8) is 0 Å². The number of carbonyl (C=O) groups is 2. The van der Waals surface area contributed by atoms with E-state index in [1.54, 1.807) is 0 Å². The molecule has 3 aromatic rings. The predicted octanol–water partition coefficient (Wildman–Crippen LogP) is 3.57. The summed E-state index contributed by atoms with van der Waals surface area (Å²) in [5.41, 5.74) is 10.6. The molecule has 2 amide bonds. The number of hydrogen-bond donors (Lipinski definition) is 2. The molecule has 3 heterocycles. The molecule has 0 saturated carbocycles. The molecule has 1 atom stereocenters. The normalized spacial score (nSPS) is 17.4. The number of aromatic nitrogens is 1. The van der Waals surface area contributed by atoms with Crippen molar-refractivity contribution >= 4 is 17.5 Å². The van der Waals surface area contributed by atoms with Gasteiger partial charge in [-0.2, -0.15) is 0 Å². The van der Waals surface area contributed by atoms with Crippen molar-refractivity contribution in [2.75, 3.05) is 25.1 Å². The van der Waals surface area contributed by atoms with Gasteiger partial charge in [0.2, 0.25) is 5.91 Å². The first-order valence-corrected chi connectivity index (χ1v) is 11.9. The minimum Gasteiger partial charge on any atom is -0.486 e. The summed E-state index contributed by atoms with van der Waals surface area (Å²) >= 11 is 0. The van der Waals surface area contributed by atoms with Crippen molar-refractivity contribution < 1.29 is 19.1 Å².